The van der Waals surface area contributed by atoms with Crippen LogP contribution >= 0.6 is 0 Å². The zero-order valence-corrected chi connectivity index (χ0v) is 7.10. The molecule has 2 aliphatic carbocycles. The van der Waals surface area contributed by atoms with Crippen LogP contribution < -0.4 is 5.32 Å². The highest BCUT2D eigenvalue weighted by atomic mass is 15.0. The van der Waals surface area contributed by atoms with E-state index in [2.05, 4.69) is 5.32 Å². The predicted octanol–water partition coefficient (Wildman–Crippen LogP) is 1.79. The van der Waals surface area contributed by atoms with Crippen molar-refractivity contribution in [1.29, 1.82) is 0 Å². The van der Waals surface area contributed by atoms with Crippen molar-refractivity contribution >= 4 is 0 Å². The third-order valence-electron chi connectivity index (χ3n) is 4.12. The average Bonchev–Trinajstić information content (AvgIpc) is 2.72. The lowest BCUT2D eigenvalue weighted by Crippen LogP contribution is -2.39. The van der Waals surface area contributed by atoms with Gasteiger partial charge in [-0.3, -0.25) is 0 Å². The summed E-state index contributed by atoms with van der Waals surface area (Å²) < 4.78 is 0. The molecule has 2 unspecified atom stereocenters. The van der Waals surface area contributed by atoms with Gasteiger partial charge in [0.15, 0.2) is 0 Å². The quantitative estimate of drug-likeness (QED) is 0.634. The molecule has 2 saturated carbocycles. The Kier molecular flexibility index (Phi) is 1.18. The molecule has 3 aliphatic rings. The standard InChI is InChI=1S/C10H17N/c1-2-8(1)5-10-4-3-9(10)6-11-7-10/h8-9,11H,1-7H2. The first-order valence-corrected chi connectivity index (χ1v) is 5.10. The Morgan fingerprint density at radius 1 is 1.27 bits per heavy atom. The number of rotatable bonds is 2. The molecule has 1 heterocycles. The lowest BCUT2D eigenvalue weighted by atomic mass is 9.60. The van der Waals surface area contributed by atoms with Gasteiger partial charge in [-0.25, -0.2) is 0 Å². The van der Waals surface area contributed by atoms with Crippen LogP contribution in [0.2, 0.25) is 0 Å². The molecule has 0 amide bonds. The van der Waals surface area contributed by atoms with Crippen molar-refractivity contribution in [3.63, 3.8) is 0 Å². The highest BCUT2D eigenvalue weighted by molar-refractivity contribution is 5.04. The van der Waals surface area contributed by atoms with Crippen LogP contribution in [0.5, 0.6) is 0 Å². The van der Waals surface area contributed by atoms with Crippen molar-refractivity contribution < 1.29 is 0 Å². The molecular formula is C10H17N. The molecule has 0 spiro atoms. The Morgan fingerprint density at radius 2 is 2.18 bits per heavy atom. The predicted molar refractivity (Wildman–Crippen MR) is 45.4 cm³/mol. The fourth-order valence-corrected chi connectivity index (χ4v) is 3.04. The van der Waals surface area contributed by atoms with Gasteiger partial charge in [0.1, 0.15) is 0 Å². The van der Waals surface area contributed by atoms with Crippen LogP contribution in [0.1, 0.15) is 32.1 Å². The Morgan fingerprint density at radius 3 is 2.73 bits per heavy atom. The van der Waals surface area contributed by atoms with Gasteiger partial charge < -0.3 is 5.32 Å². The van der Waals surface area contributed by atoms with Gasteiger partial charge in [0.2, 0.25) is 0 Å². The molecule has 0 aromatic rings. The SMILES string of the molecule is C1CC1CC12CCC1CNC2. The summed E-state index contributed by atoms with van der Waals surface area (Å²) in [6.07, 6.45) is 7.68. The summed E-state index contributed by atoms with van der Waals surface area (Å²) in [7, 11) is 0. The maximum atomic E-state index is 3.56. The van der Waals surface area contributed by atoms with Crippen molar-refractivity contribution in [3.8, 4) is 0 Å². The molecule has 0 aromatic heterocycles. The van der Waals surface area contributed by atoms with Crippen LogP contribution in [0.4, 0.5) is 0 Å². The minimum Gasteiger partial charge on any atom is -0.316 e. The van der Waals surface area contributed by atoms with Gasteiger partial charge in [0.05, 0.1) is 0 Å². The molecule has 1 saturated heterocycles. The summed E-state index contributed by atoms with van der Waals surface area (Å²) in [6.45, 7) is 2.67. The molecule has 11 heavy (non-hydrogen) atoms. The second kappa shape index (κ2) is 2.01. The van der Waals surface area contributed by atoms with E-state index < -0.39 is 0 Å². The van der Waals surface area contributed by atoms with E-state index in [-0.39, 0.29) is 0 Å². The third-order valence-corrected chi connectivity index (χ3v) is 4.12. The molecule has 2 atom stereocenters. The topological polar surface area (TPSA) is 12.0 Å². The van der Waals surface area contributed by atoms with Crippen molar-refractivity contribution in [1.82, 2.24) is 5.32 Å². The normalized spacial score (nSPS) is 48.5. The highest BCUT2D eigenvalue weighted by Gasteiger charge is 2.51. The molecule has 0 radical (unpaired) electrons. The van der Waals surface area contributed by atoms with Gasteiger partial charge >= 0.3 is 0 Å². The van der Waals surface area contributed by atoms with E-state index in [4.69, 9.17) is 0 Å². The van der Waals surface area contributed by atoms with Crippen molar-refractivity contribution in [3.05, 3.63) is 0 Å². The zero-order valence-electron chi connectivity index (χ0n) is 7.10. The minimum absolute atomic E-state index is 0.807. The Bertz CT molecular complexity index is 174. The van der Waals surface area contributed by atoms with Gasteiger partial charge in [-0.05, 0) is 43.1 Å². The summed E-state index contributed by atoms with van der Waals surface area (Å²) in [5.74, 6) is 2.21. The van der Waals surface area contributed by atoms with Gasteiger partial charge in [-0.1, -0.05) is 12.8 Å². The van der Waals surface area contributed by atoms with Crippen LogP contribution in [-0.4, -0.2) is 13.1 Å². The summed E-state index contributed by atoms with van der Waals surface area (Å²) in [5.41, 5.74) is 0.807. The lowest BCUT2D eigenvalue weighted by molar-refractivity contribution is 0.0679. The number of hydrogen-bond donors (Lipinski definition) is 1. The maximum absolute atomic E-state index is 3.56. The monoisotopic (exact) mass is 151 g/mol. The maximum Gasteiger partial charge on any atom is 0.00112 e. The van der Waals surface area contributed by atoms with Gasteiger partial charge in [0, 0.05) is 6.54 Å². The second-order valence-corrected chi connectivity index (χ2v) is 4.88. The molecule has 1 nitrogen and oxygen atoms in total. The van der Waals surface area contributed by atoms with Crippen LogP contribution in [0, 0.1) is 17.3 Å². The van der Waals surface area contributed by atoms with E-state index in [1.165, 1.54) is 38.8 Å². The largest absolute Gasteiger partial charge is 0.316 e. The van der Waals surface area contributed by atoms with E-state index >= 15 is 0 Å². The Labute approximate surface area is 68.6 Å². The molecular weight excluding hydrogens is 134 g/mol. The molecule has 1 heteroatoms. The van der Waals surface area contributed by atoms with Gasteiger partial charge in [0.25, 0.3) is 0 Å². The summed E-state index contributed by atoms with van der Waals surface area (Å²) in [5, 5.41) is 3.56. The third kappa shape index (κ3) is 0.868. The fraction of sp³-hybridized carbons (Fsp3) is 1.00. The zero-order chi connectivity index (χ0) is 7.31. The molecule has 1 aliphatic heterocycles. The smallest absolute Gasteiger partial charge is 0.00112 e. The summed E-state index contributed by atoms with van der Waals surface area (Å²) in [4.78, 5) is 0. The van der Waals surface area contributed by atoms with Crippen LogP contribution in [0.15, 0.2) is 0 Å². The van der Waals surface area contributed by atoms with E-state index in [0.29, 0.717) is 0 Å². The van der Waals surface area contributed by atoms with E-state index in [9.17, 15) is 0 Å². The van der Waals surface area contributed by atoms with E-state index in [1.807, 2.05) is 0 Å². The lowest BCUT2D eigenvalue weighted by Gasteiger charge is -2.44. The molecule has 0 bridgehead atoms. The van der Waals surface area contributed by atoms with Crippen LogP contribution in [0.25, 0.3) is 0 Å². The highest BCUT2D eigenvalue weighted by Crippen LogP contribution is 2.56. The minimum atomic E-state index is 0.807. The van der Waals surface area contributed by atoms with Crippen LogP contribution in [0.3, 0.4) is 0 Å². The molecule has 62 valence electrons. The Hall–Kier alpha value is -0.0400. The molecule has 0 aromatic carbocycles. The second-order valence-electron chi connectivity index (χ2n) is 4.88. The van der Waals surface area contributed by atoms with Gasteiger partial charge in [-0.2, -0.15) is 0 Å². The summed E-state index contributed by atoms with van der Waals surface area (Å²) in [6, 6.07) is 0. The van der Waals surface area contributed by atoms with Crippen molar-refractivity contribution in [2.45, 2.75) is 32.1 Å². The molecule has 3 fully saturated rings. The summed E-state index contributed by atoms with van der Waals surface area (Å²) >= 11 is 0. The van der Waals surface area contributed by atoms with Crippen LogP contribution in [-0.2, 0) is 0 Å². The van der Waals surface area contributed by atoms with Crippen molar-refractivity contribution in [2.24, 2.45) is 17.3 Å². The van der Waals surface area contributed by atoms with Gasteiger partial charge in [-0.15, -0.1) is 0 Å². The number of fused-ring (bicyclic) bond motifs is 1. The first-order valence-electron chi connectivity index (χ1n) is 5.10. The van der Waals surface area contributed by atoms with E-state index in [1.54, 1.807) is 6.42 Å². The molecule has 1 N–H and O–H groups in total. The first kappa shape index (κ1) is 6.47. The number of nitrogens with one attached hydrogen (secondary N) is 1. The Balaban J connectivity index is 1.71. The average molecular weight is 151 g/mol. The number of hydrogen-bond acceptors (Lipinski definition) is 1. The fourth-order valence-electron chi connectivity index (χ4n) is 3.04. The van der Waals surface area contributed by atoms with E-state index in [0.717, 1.165) is 17.3 Å². The first-order chi connectivity index (χ1) is 5.39. The molecule has 3 rings (SSSR count). The van der Waals surface area contributed by atoms with Crippen molar-refractivity contribution in [2.75, 3.05) is 13.1 Å².